The lowest BCUT2D eigenvalue weighted by Crippen LogP contribution is -2.52. The number of carbonyl (C=O) groups excluding carboxylic acids is 3. The number of Topliss-reactive ketones (excluding diaryl/α,β-unsaturated/α-hetero) is 1. The Hall–Kier alpha value is -2.83. The number of aromatic amines is 1. The largest absolute Gasteiger partial charge is 0.449 e. The van der Waals surface area contributed by atoms with Gasteiger partial charge in [0.1, 0.15) is 0 Å². The Morgan fingerprint density at radius 3 is 2.37 bits per heavy atom. The van der Waals surface area contributed by atoms with Crippen LogP contribution in [0.2, 0.25) is 0 Å². The first-order chi connectivity index (χ1) is 12.9. The first kappa shape index (κ1) is 18.9. The average molecular weight is 371 g/mol. The molecule has 0 aliphatic carbocycles. The summed E-state index contributed by atoms with van der Waals surface area (Å²) in [5.41, 5.74) is 1.95. The van der Waals surface area contributed by atoms with Gasteiger partial charge in [-0.25, -0.2) is 4.79 Å². The standard InChI is InChI=1S/C20H25N3O4/c1-13(2)12-27-20(26)23-10-8-22(9-11-23)19(25)18(24)17-14(3)21-16-7-5-4-6-15(16)17/h4-7,13,21H,8-12H2,1-3H3. The maximum absolute atomic E-state index is 12.8. The van der Waals surface area contributed by atoms with Crippen molar-refractivity contribution in [2.75, 3.05) is 32.8 Å². The topological polar surface area (TPSA) is 82.7 Å². The molecule has 1 N–H and O–H groups in total. The first-order valence-electron chi connectivity index (χ1n) is 9.21. The predicted molar refractivity (Wildman–Crippen MR) is 102 cm³/mol. The summed E-state index contributed by atoms with van der Waals surface area (Å²) in [6, 6.07) is 7.44. The van der Waals surface area contributed by atoms with Gasteiger partial charge in [-0.3, -0.25) is 9.59 Å². The molecule has 0 bridgehead atoms. The number of benzene rings is 1. The van der Waals surface area contributed by atoms with Crippen molar-refractivity contribution in [2.45, 2.75) is 20.8 Å². The quantitative estimate of drug-likeness (QED) is 0.661. The average Bonchev–Trinajstić information content (AvgIpc) is 3.00. The van der Waals surface area contributed by atoms with E-state index in [1.54, 1.807) is 11.8 Å². The molecule has 1 aromatic heterocycles. The molecule has 3 rings (SSSR count). The van der Waals surface area contributed by atoms with E-state index in [1.807, 2.05) is 38.1 Å². The van der Waals surface area contributed by atoms with Gasteiger partial charge in [-0.05, 0) is 18.9 Å². The van der Waals surface area contributed by atoms with Crippen LogP contribution in [0.4, 0.5) is 4.79 Å². The summed E-state index contributed by atoms with van der Waals surface area (Å²) in [5.74, 6) is -0.771. The van der Waals surface area contributed by atoms with Gasteiger partial charge in [0.15, 0.2) is 0 Å². The fraction of sp³-hybridized carbons (Fsp3) is 0.450. The van der Waals surface area contributed by atoms with E-state index in [1.165, 1.54) is 4.90 Å². The highest BCUT2D eigenvalue weighted by Crippen LogP contribution is 2.23. The lowest BCUT2D eigenvalue weighted by molar-refractivity contribution is -0.128. The van der Waals surface area contributed by atoms with E-state index in [2.05, 4.69) is 4.98 Å². The Balaban J connectivity index is 1.64. The number of carbonyl (C=O) groups is 3. The highest BCUT2D eigenvalue weighted by molar-refractivity contribution is 6.45. The van der Waals surface area contributed by atoms with Crippen molar-refractivity contribution in [3.63, 3.8) is 0 Å². The molecule has 1 saturated heterocycles. The molecular formula is C20H25N3O4. The molecule has 0 unspecified atom stereocenters. The zero-order chi connectivity index (χ0) is 19.6. The van der Waals surface area contributed by atoms with E-state index in [9.17, 15) is 14.4 Å². The smallest absolute Gasteiger partial charge is 0.409 e. The molecule has 2 amide bonds. The molecule has 7 heteroatoms. The molecule has 0 spiro atoms. The third-order valence-corrected chi connectivity index (χ3v) is 4.68. The van der Waals surface area contributed by atoms with Gasteiger partial charge in [-0.2, -0.15) is 0 Å². The lowest BCUT2D eigenvalue weighted by Gasteiger charge is -2.33. The van der Waals surface area contributed by atoms with E-state index in [-0.39, 0.29) is 12.0 Å². The number of piperazine rings is 1. The molecule has 27 heavy (non-hydrogen) atoms. The predicted octanol–water partition coefficient (Wildman–Crippen LogP) is 2.60. The first-order valence-corrected chi connectivity index (χ1v) is 9.21. The van der Waals surface area contributed by atoms with Crippen LogP contribution in [0.3, 0.4) is 0 Å². The van der Waals surface area contributed by atoms with Crippen molar-refractivity contribution >= 4 is 28.7 Å². The molecule has 1 aliphatic rings. The van der Waals surface area contributed by atoms with E-state index >= 15 is 0 Å². The van der Waals surface area contributed by atoms with Gasteiger partial charge in [-0.15, -0.1) is 0 Å². The van der Waals surface area contributed by atoms with E-state index in [0.717, 1.165) is 10.9 Å². The minimum atomic E-state index is -0.530. The Morgan fingerprint density at radius 2 is 1.70 bits per heavy atom. The number of rotatable bonds is 4. The van der Waals surface area contributed by atoms with Crippen LogP contribution >= 0.6 is 0 Å². The number of nitrogens with zero attached hydrogens (tertiary/aromatic N) is 2. The van der Waals surface area contributed by atoms with Crippen LogP contribution in [0.25, 0.3) is 10.9 Å². The molecule has 2 aromatic rings. The van der Waals surface area contributed by atoms with Crippen LogP contribution in [-0.4, -0.2) is 65.4 Å². The number of H-pyrrole nitrogens is 1. The van der Waals surface area contributed by atoms with E-state index in [4.69, 9.17) is 4.74 Å². The third-order valence-electron chi connectivity index (χ3n) is 4.68. The SMILES string of the molecule is Cc1[nH]c2ccccc2c1C(=O)C(=O)N1CCN(C(=O)OCC(C)C)CC1. The van der Waals surface area contributed by atoms with Crippen LogP contribution in [0.1, 0.15) is 29.9 Å². The Kier molecular flexibility index (Phi) is 5.48. The molecular weight excluding hydrogens is 346 g/mol. The molecule has 1 aromatic carbocycles. The second-order valence-corrected chi connectivity index (χ2v) is 7.25. The summed E-state index contributed by atoms with van der Waals surface area (Å²) in [7, 11) is 0. The van der Waals surface area contributed by atoms with Crippen LogP contribution in [0.15, 0.2) is 24.3 Å². The normalized spacial score (nSPS) is 14.7. The van der Waals surface area contributed by atoms with Gasteiger partial charge < -0.3 is 19.5 Å². The number of ether oxygens (including phenoxy) is 1. The van der Waals surface area contributed by atoms with Gasteiger partial charge >= 0.3 is 6.09 Å². The van der Waals surface area contributed by atoms with Crippen molar-refractivity contribution in [1.29, 1.82) is 0 Å². The van der Waals surface area contributed by atoms with Crippen LogP contribution in [-0.2, 0) is 9.53 Å². The highest BCUT2D eigenvalue weighted by atomic mass is 16.6. The minimum Gasteiger partial charge on any atom is -0.449 e. The van der Waals surface area contributed by atoms with E-state index < -0.39 is 11.7 Å². The maximum atomic E-state index is 12.8. The van der Waals surface area contributed by atoms with Crippen molar-refractivity contribution < 1.29 is 19.1 Å². The summed E-state index contributed by atoms with van der Waals surface area (Å²) in [6.45, 7) is 7.49. The van der Waals surface area contributed by atoms with Crippen molar-refractivity contribution in [3.05, 3.63) is 35.5 Å². The number of amides is 2. The number of aromatic nitrogens is 1. The Morgan fingerprint density at radius 1 is 1.07 bits per heavy atom. The summed E-state index contributed by atoms with van der Waals surface area (Å²) < 4.78 is 5.22. The summed E-state index contributed by atoms with van der Waals surface area (Å²) in [5, 5.41) is 0.754. The van der Waals surface area contributed by atoms with Gasteiger partial charge in [0, 0.05) is 42.8 Å². The zero-order valence-corrected chi connectivity index (χ0v) is 15.9. The van der Waals surface area contributed by atoms with Crippen molar-refractivity contribution in [2.24, 2.45) is 5.92 Å². The summed E-state index contributed by atoms with van der Waals surface area (Å²) in [4.78, 5) is 43.8. The van der Waals surface area contributed by atoms with Crippen LogP contribution in [0.5, 0.6) is 0 Å². The molecule has 0 radical (unpaired) electrons. The van der Waals surface area contributed by atoms with Gasteiger partial charge in [0.05, 0.1) is 12.2 Å². The number of para-hydroxylation sites is 1. The fourth-order valence-corrected chi connectivity index (χ4v) is 3.24. The fourth-order valence-electron chi connectivity index (χ4n) is 3.24. The molecule has 1 fully saturated rings. The monoisotopic (exact) mass is 371 g/mol. The number of hydrogen-bond acceptors (Lipinski definition) is 4. The zero-order valence-electron chi connectivity index (χ0n) is 15.9. The molecule has 2 heterocycles. The lowest BCUT2D eigenvalue weighted by atomic mass is 10.1. The molecule has 7 nitrogen and oxygen atoms in total. The number of ketones is 1. The van der Waals surface area contributed by atoms with Crippen LogP contribution in [0, 0.1) is 12.8 Å². The van der Waals surface area contributed by atoms with Crippen molar-refractivity contribution in [1.82, 2.24) is 14.8 Å². The Bertz CT molecular complexity index is 863. The van der Waals surface area contributed by atoms with Crippen molar-refractivity contribution in [3.8, 4) is 0 Å². The maximum Gasteiger partial charge on any atom is 0.409 e. The van der Waals surface area contributed by atoms with Gasteiger partial charge in [0.2, 0.25) is 0 Å². The molecule has 144 valence electrons. The summed E-state index contributed by atoms with van der Waals surface area (Å²) >= 11 is 0. The number of fused-ring (bicyclic) bond motifs is 1. The molecule has 0 saturated carbocycles. The highest BCUT2D eigenvalue weighted by Gasteiger charge is 2.31. The minimum absolute atomic E-state index is 0.272. The molecule has 1 aliphatic heterocycles. The number of nitrogens with one attached hydrogen (secondary N) is 1. The second-order valence-electron chi connectivity index (χ2n) is 7.25. The number of aryl methyl sites for hydroxylation is 1. The van der Waals surface area contributed by atoms with Crippen LogP contribution < -0.4 is 0 Å². The third kappa shape index (κ3) is 3.97. The van der Waals surface area contributed by atoms with Gasteiger partial charge in [-0.1, -0.05) is 32.0 Å². The van der Waals surface area contributed by atoms with Gasteiger partial charge in [0.25, 0.3) is 11.7 Å². The molecule has 0 atom stereocenters. The number of hydrogen-bond donors (Lipinski definition) is 1. The summed E-state index contributed by atoms with van der Waals surface area (Å²) in [6.07, 6.45) is -0.366. The van der Waals surface area contributed by atoms with E-state index in [0.29, 0.717) is 44.0 Å². The second kappa shape index (κ2) is 7.82. The Labute approximate surface area is 158 Å².